The van der Waals surface area contributed by atoms with Gasteiger partial charge in [-0.25, -0.2) is 4.79 Å². The van der Waals surface area contributed by atoms with Crippen LogP contribution in [-0.2, 0) is 14.4 Å². The minimum atomic E-state index is -0.497. The van der Waals surface area contributed by atoms with Crippen molar-refractivity contribution in [2.45, 2.75) is 26.2 Å². The number of rotatable bonds is 9. The fraction of sp³-hybridized carbons (Fsp3) is 0.261. The topological polar surface area (TPSA) is 125 Å². The summed E-state index contributed by atoms with van der Waals surface area (Å²) in [5.74, 6) is -1.07. The van der Waals surface area contributed by atoms with Crippen molar-refractivity contribution in [1.82, 2.24) is 10.2 Å². The van der Waals surface area contributed by atoms with Crippen molar-refractivity contribution in [2.75, 3.05) is 23.7 Å². The smallest absolute Gasteiger partial charge is 0.324 e. The summed E-state index contributed by atoms with van der Waals surface area (Å²) in [6.45, 7) is 1.90. The van der Waals surface area contributed by atoms with E-state index in [1.54, 1.807) is 36.4 Å². The van der Waals surface area contributed by atoms with Crippen LogP contribution in [0, 0.1) is 6.92 Å². The van der Waals surface area contributed by atoms with Gasteiger partial charge in [0.2, 0.25) is 17.7 Å². The van der Waals surface area contributed by atoms with Gasteiger partial charge >= 0.3 is 6.03 Å². The second kappa shape index (κ2) is 10.3. The Morgan fingerprint density at radius 1 is 0.844 bits per heavy atom. The zero-order valence-electron chi connectivity index (χ0n) is 17.6. The van der Waals surface area contributed by atoms with Gasteiger partial charge in [0.25, 0.3) is 0 Å². The number of urea groups is 1. The second-order valence-electron chi connectivity index (χ2n) is 7.42. The SMILES string of the molecule is Cc1ccc(C(=O)CCC(=O)Nc2ccc(NC(=O)CCN3C(=O)CNC3=O)cc2)cc1. The van der Waals surface area contributed by atoms with Crippen LogP contribution in [0.1, 0.15) is 35.2 Å². The van der Waals surface area contributed by atoms with Crippen molar-refractivity contribution in [3.63, 3.8) is 0 Å². The van der Waals surface area contributed by atoms with Gasteiger partial charge in [0, 0.05) is 42.7 Å². The maximum absolute atomic E-state index is 12.2. The molecular formula is C23H24N4O5. The van der Waals surface area contributed by atoms with Crippen LogP contribution in [0.3, 0.4) is 0 Å². The Morgan fingerprint density at radius 3 is 1.94 bits per heavy atom. The molecule has 0 aliphatic carbocycles. The summed E-state index contributed by atoms with van der Waals surface area (Å²) in [6.07, 6.45) is 0.154. The number of hydrogen-bond acceptors (Lipinski definition) is 5. The first-order valence-corrected chi connectivity index (χ1v) is 10.2. The van der Waals surface area contributed by atoms with Crippen molar-refractivity contribution in [3.05, 3.63) is 59.7 Å². The molecule has 0 bridgehead atoms. The normalized spacial score (nSPS) is 13.0. The summed E-state index contributed by atoms with van der Waals surface area (Å²) in [6, 6.07) is 13.2. The van der Waals surface area contributed by atoms with Crippen LogP contribution < -0.4 is 16.0 Å². The van der Waals surface area contributed by atoms with Gasteiger partial charge < -0.3 is 16.0 Å². The number of anilines is 2. The number of amides is 5. The van der Waals surface area contributed by atoms with Gasteiger partial charge in [0.15, 0.2) is 5.78 Å². The summed E-state index contributed by atoms with van der Waals surface area (Å²) in [5.41, 5.74) is 2.70. The zero-order valence-corrected chi connectivity index (χ0v) is 17.6. The average Bonchev–Trinajstić information content (AvgIpc) is 3.09. The van der Waals surface area contributed by atoms with E-state index in [1.807, 2.05) is 19.1 Å². The maximum atomic E-state index is 12.2. The molecule has 1 heterocycles. The highest BCUT2D eigenvalue weighted by atomic mass is 16.2. The average molecular weight is 436 g/mol. The third kappa shape index (κ3) is 6.24. The summed E-state index contributed by atoms with van der Waals surface area (Å²) < 4.78 is 0. The lowest BCUT2D eigenvalue weighted by molar-refractivity contribution is -0.125. The number of imide groups is 1. The lowest BCUT2D eigenvalue weighted by Gasteiger charge is -2.12. The molecule has 0 spiro atoms. The van der Waals surface area contributed by atoms with Gasteiger partial charge in [0.1, 0.15) is 0 Å². The lowest BCUT2D eigenvalue weighted by Crippen LogP contribution is -2.33. The summed E-state index contributed by atoms with van der Waals surface area (Å²) in [7, 11) is 0. The highest BCUT2D eigenvalue weighted by molar-refractivity contribution is 6.02. The van der Waals surface area contributed by atoms with Crippen LogP contribution in [0.25, 0.3) is 0 Å². The minimum Gasteiger partial charge on any atom is -0.329 e. The van der Waals surface area contributed by atoms with Gasteiger partial charge in [0.05, 0.1) is 6.54 Å². The van der Waals surface area contributed by atoms with Gasteiger partial charge in [-0.15, -0.1) is 0 Å². The summed E-state index contributed by atoms with van der Waals surface area (Å²) >= 11 is 0. The van der Waals surface area contributed by atoms with E-state index in [2.05, 4.69) is 16.0 Å². The van der Waals surface area contributed by atoms with Crippen LogP contribution >= 0.6 is 0 Å². The molecule has 166 valence electrons. The predicted octanol–water partition coefficient (Wildman–Crippen LogP) is 2.48. The van der Waals surface area contributed by atoms with Crippen LogP contribution in [0.5, 0.6) is 0 Å². The molecule has 9 nitrogen and oxygen atoms in total. The molecule has 2 aromatic rings. The van der Waals surface area contributed by atoms with Crippen molar-refractivity contribution >= 4 is 40.9 Å². The first-order valence-electron chi connectivity index (χ1n) is 10.2. The third-order valence-electron chi connectivity index (χ3n) is 4.90. The van der Waals surface area contributed by atoms with E-state index < -0.39 is 6.03 Å². The summed E-state index contributed by atoms with van der Waals surface area (Å²) in [5, 5.41) is 7.78. The first kappa shape index (κ1) is 22.7. The molecular weight excluding hydrogens is 412 g/mol. The fourth-order valence-corrected chi connectivity index (χ4v) is 3.09. The number of Topliss-reactive ketones (excluding diaryl/α,β-unsaturated/α-hetero) is 1. The fourth-order valence-electron chi connectivity index (χ4n) is 3.09. The minimum absolute atomic E-state index is 0.00590. The second-order valence-corrected chi connectivity index (χ2v) is 7.42. The van der Waals surface area contributed by atoms with Gasteiger partial charge in [-0.3, -0.25) is 24.1 Å². The molecule has 0 saturated carbocycles. The molecule has 1 saturated heterocycles. The largest absolute Gasteiger partial charge is 0.329 e. The van der Waals surface area contributed by atoms with E-state index in [0.29, 0.717) is 16.9 Å². The van der Waals surface area contributed by atoms with Crippen molar-refractivity contribution in [3.8, 4) is 0 Å². The van der Waals surface area contributed by atoms with Crippen LogP contribution in [0.15, 0.2) is 48.5 Å². The van der Waals surface area contributed by atoms with Gasteiger partial charge in [-0.1, -0.05) is 29.8 Å². The Bertz CT molecular complexity index is 1020. The molecule has 0 atom stereocenters. The lowest BCUT2D eigenvalue weighted by atomic mass is 10.0. The van der Waals surface area contributed by atoms with E-state index in [9.17, 15) is 24.0 Å². The molecule has 1 fully saturated rings. The highest BCUT2D eigenvalue weighted by Crippen LogP contribution is 2.15. The van der Waals surface area contributed by atoms with Crippen LogP contribution in [0.4, 0.5) is 16.2 Å². The molecule has 9 heteroatoms. The zero-order chi connectivity index (χ0) is 23.1. The van der Waals surface area contributed by atoms with E-state index in [4.69, 9.17) is 0 Å². The molecule has 1 aliphatic rings. The molecule has 32 heavy (non-hydrogen) atoms. The predicted molar refractivity (Wildman–Crippen MR) is 118 cm³/mol. The van der Waals surface area contributed by atoms with Crippen molar-refractivity contribution in [2.24, 2.45) is 0 Å². The molecule has 2 aromatic carbocycles. The Kier molecular flexibility index (Phi) is 7.33. The van der Waals surface area contributed by atoms with E-state index in [0.717, 1.165) is 10.5 Å². The molecule has 0 radical (unpaired) electrons. The molecule has 3 rings (SSSR count). The number of carbonyl (C=O) groups excluding carboxylic acids is 5. The molecule has 5 amide bonds. The first-order chi connectivity index (χ1) is 15.3. The Morgan fingerprint density at radius 2 is 1.41 bits per heavy atom. The quantitative estimate of drug-likeness (QED) is 0.411. The van der Waals surface area contributed by atoms with Gasteiger partial charge in [-0.05, 0) is 31.2 Å². The van der Waals surface area contributed by atoms with E-state index >= 15 is 0 Å². The number of hydrogen-bond donors (Lipinski definition) is 3. The monoisotopic (exact) mass is 436 g/mol. The van der Waals surface area contributed by atoms with E-state index in [-0.39, 0.29) is 55.9 Å². The Labute approximate surface area is 185 Å². The number of aryl methyl sites for hydroxylation is 1. The maximum Gasteiger partial charge on any atom is 0.324 e. The molecule has 0 aromatic heterocycles. The standard InChI is InChI=1S/C23H24N4O5/c1-15-2-4-16(5-3-15)19(28)10-11-20(29)25-17-6-8-18(9-7-17)26-21(30)12-13-27-22(31)14-24-23(27)32/h2-9H,10-14H2,1H3,(H,24,32)(H,25,29)(H,26,30). The number of nitrogens with one attached hydrogen (secondary N) is 3. The highest BCUT2D eigenvalue weighted by Gasteiger charge is 2.28. The molecule has 1 aliphatic heterocycles. The third-order valence-corrected chi connectivity index (χ3v) is 4.90. The van der Waals surface area contributed by atoms with Crippen molar-refractivity contribution < 1.29 is 24.0 Å². The van der Waals surface area contributed by atoms with Crippen molar-refractivity contribution in [1.29, 1.82) is 0 Å². The Hall–Kier alpha value is -4.01. The number of nitrogens with zero attached hydrogens (tertiary/aromatic N) is 1. The molecule has 3 N–H and O–H groups in total. The molecule has 0 unspecified atom stereocenters. The van der Waals surface area contributed by atoms with Gasteiger partial charge in [-0.2, -0.15) is 0 Å². The number of benzene rings is 2. The number of carbonyl (C=O) groups is 5. The Balaban J connectivity index is 1.41. The van der Waals surface area contributed by atoms with Crippen LogP contribution in [0.2, 0.25) is 0 Å². The number of ketones is 1. The van der Waals surface area contributed by atoms with Crippen LogP contribution in [-0.4, -0.2) is 47.5 Å². The van der Waals surface area contributed by atoms with E-state index in [1.165, 1.54) is 0 Å². The summed E-state index contributed by atoms with van der Waals surface area (Å²) in [4.78, 5) is 60.3.